The van der Waals surface area contributed by atoms with Crippen LogP contribution in [0, 0.1) is 12.7 Å². The average molecular weight is 379 g/mol. The van der Waals surface area contributed by atoms with E-state index in [1.807, 2.05) is 0 Å². The number of benzene rings is 3. The predicted molar refractivity (Wildman–Crippen MR) is 99.4 cm³/mol. The van der Waals surface area contributed by atoms with Gasteiger partial charge < -0.3 is 15.7 Å². The van der Waals surface area contributed by atoms with Crippen molar-refractivity contribution in [1.29, 1.82) is 0 Å². The third kappa shape index (κ3) is 3.62. The van der Waals surface area contributed by atoms with Gasteiger partial charge in [-0.25, -0.2) is 9.18 Å². The van der Waals surface area contributed by atoms with E-state index in [-0.39, 0.29) is 10.8 Å². The number of hydrogen-bond acceptors (Lipinski definition) is 2. The number of carbonyl (C=O) groups excluding carboxylic acids is 1. The van der Waals surface area contributed by atoms with Crippen LogP contribution in [0.1, 0.15) is 5.56 Å². The predicted octanol–water partition coefficient (Wildman–Crippen LogP) is 5.94. The SMILES string of the molecule is Cc1ccc(NC(=O)Nc2c(Cl)cc(Cl)c3ccc(O)cc23)cc1F. The van der Waals surface area contributed by atoms with Gasteiger partial charge in [-0.3, -0.25) is 0 Å². The second-order valence-corrected chi connectivity index (χ2v) is 6.30. The Hall–Kier alpha value is -2.50. The van der Waals surface area contributed by atoms with E-state index in [4.69, 9.17) is 23.2 Å². The highest BCUT2D eigenvalue weighted by Gasteiger charge is 2.14. The second kappa shape index (κ2) is 6.78. The Balaban J connectivity index is 1.93. The minimum Gasteiger partial charge on any atom is -0.508 e. The topological polar surface area (TPSA) is 61.4 Å². The molecule has 0 aliphatic carbocycles. The van der Waals surface area contributed by atoms with Crippen molar-refractivity contribution in [2.45, 2.75) is 6.92 Å². The zero-order valence-corrected chi connectivity index (χ0v) is 14.5. The van der Waals surface area contributed by atoms with Gasteiger partial charge in [-0.05, 0) is 48.9 Å². The zero-order chi connectivity index (χ0) is 18.1. The number of hydrogen-bond donors (Lipinski definition) is 3. The molecule has 128 valence electrons. The first kappa shape index (κ1) is 17.3. The Labute approximate surface area is 153 Å². The molecule has 3 aromatic carbocycles. The molecule has 4 nitrogen and oxygen atoms in total. The highest BCUT2D eigenvalue weighted by atomic mass is 35.5. The number of aromatic hydroxyl groups is 1. The first-order valence-electron chi connectivity index (χ1n) is 7.30. The Morgan fingerprint density at radius 2 is 1.76 bits per heavy atom. The maximum absolute atomic E-state index is 13.6. The number of amides is 2. The molecule has 0 aromatic heterocycles. The fraction of sp³-hybridized carbons (Fsp3) is 0.0556. The highest BCUT2D eigenvalue weighted by Crippen LogP contribution is 2.38. The number of phenolic OH excluding ortho intramolecular Hbond substituents is 1. The summed E-state index contributed by atoms with van der Waals surface area (Å²) in [6.45, 7) is 1.63. The molecule has 0 heterocycles. The maximum atomic E-state index is 13.6. The Morgan fingerprint density at radius 3 is 2.48 bits per heavy atom. The van der Waals surface area contributed by atoms with Gasteiger partial charge in [0.25, 0.3) is 0 Å². The van der Waals surface area contributed by atoms with Crippen molar-refractivity contribution in [3.63, 3.8) is 0 Å². The van der Waals surface area contributed by atoms with Crippen LogP contribution in [-0.2, 0) is 0 Å². The molecule has 7 heteroatoms. The normalized spacial score (nSPS) is 10.7. The molecule has 3 rings (SSSR count). The van der Waals surface area contributed by atoms with Crippen molar-refractivity contribution in [3.8, 4) is 5.75 Å². The molecule has 0 aliphatic heterocycles. The smallest absolute Gasteiger partial charge is 0.323 e. The number of aryl methyl sites for hydroxylation is 1. The van der Waals surface area contributed by atoms with E-state index in [1.165, 1.54) is 24.3 Å². The van der Waals surface area contributed by atoms with E-state index in [0.29, 0.717) is 32.7 Å². The van der Waals surface area contributed by atoms with Crippen molar-refractivity contribution >= 4 is 51.4 Å². The first-order valence-corrected chi connectivity index (χ1v) is 8.05. The number of urea groups is 1. The summed E-state index contributed by atoms with van der Waals surface area (Å²) in [4.78, 5) is 12.2. The Kier molecular flexibility index (Phi) is 4.70. The molecule has 0 atom stereocenters. The largest absolute Gasteiger partial charge is 0.508 e. The number of carbonyl (C=O) groups is 1. The summed E-state index contributed by atoms with van der Waals surface area (Å²) in [7, 11) is 0. The number of phenols is 1. The maximum Gasteiger partial charge on any atom is 0.323 e. The van der Waals surface area contributed by atoms with Crippen LogP contribution in [0.3, 0.4) is 0 Å². The van der Waals surface area contributed by atoms with Gasteiger partial charge in [0.15, 0.2) is 0 Å². The minimum atomic E-state index is -0.600. The molecular weight excluding hydrogens is 366 g/mol. The third-order valence-electron chi connectivity index (χ3n) is 3.69. The molecule has 0 spiro atoms. The summed E-state index contributed by atoms with van der Waals surface area (Å²) < 4.78 is 13.6. The minimum absolute atomic E-state index is 0.00916. The number of halogens is 3. The van der Waals surface area contributed by atoms with Gasteiger partial charge in [0.05, 0.1) is 15.7 Å². The molecule has 0 saturated carbocycles. The first-order chi connectivity index (χ1) is 11.8. The number of nitrogens with one attached hydrogen (secondary N) is 2. The molecule has 0 bridgehead atoms. The fourth-order valence-electron chi connectivity index (χ4n) is 2.41. The number of fused-ring (bicyclic) bond motifs is 1. The van der Waals surface area contributed by atoms with Crippen molar-refractivity contribution in [1.82, 2.24) is 0 Å². The average Bonchev–Trinajstić information content (AvgIpc) is 2.54. The summed E-state index contributed by atoms with van der Waals surface area (Å²) in [6, 6.07) is 9.85. The van der Waals surface area contributed by atoms with Gasteiger partial charge in [0.2, 0.25) is 0 Å². The summed E-state index contributed by atoms with van der Waals surface area (Å²) in [5.41, 5.74) is 1.08. The van der Waals surface area contributed by atoms with Gasteiger partial charge in [-0.15, -0.1) is 0 Å². The number of rotatable bonds is 2. The van der Waals surface area contributed by atoms with Crippen molar-refractivity contribution < 1.29 is 14.3 Å². The van der Waals surface area contributed by atoms with Gasteiger partial charge in [-0.1, -0.05) is 29.3 Å². The van der Waals surface area contributed by atoms with Crippen molar-refractivity contribution in [2.24, 2.45) is 0 Å². The quantitative estimate of drug-likeness (QED) is 0.516. The van der Waals surface area contributed by atoms with E-state index in [9.17, 15) is 14.3 Å². The van der Waals surface area contributed by atoms with E-state index >= 15 is 0 Å². The lowest BCUT2D eigenvalue weighted by atomic mass is 10.1. The summed E-state index contributed by atoms with van der Waals surface area (Å²) in [5.74, 6) is -0.410. The molecule has 0 fully saturated rings. The lowest BCUT2D eigenvalue weighted by Gasteiger charge is -2.13. The molecule has 3 N–H and O–H groups in total. The zero-order valence-electron chi connectivity index (χ0n) is 13.0. The lowest BCUT2D eigenvalue weighted by Crippen LogP contribution is -2.20. The molecule has 0 radical (unpaired) electrons. The van der Waals surface area contributed by atoms with Gasteiger partial charge in [-0.2, -0.15) is 0 Å². The van der Waals surface area contributed by atoms with Crippen LogP contribution in [-0.4, -0.2) is 11.1 Å². The van der Waals surface area contributed by atoms with Crippen LogP contribution < -0.4 is 10.6 Å². The monoisotopic (exact) mass is 378 g/mol. The standard InChI is InChI=1S/C18H13Cl2FN2O2/c1-9-2-3-10(6-16(9)21)22-18(25)23-17-13-7-11(24)4-5-12(13)14(19)8-15(17)20/h2-8,24H,1H3,(H2,22,23,25). The molecule has 25 heavy (non-hydrogen) atoms. The van der Waals surface area contributed by atoms with Gasteiger partial charge in [0, 0.05) is 16.5 Å². The number of anilines is 2. The lowest BCUT2D eigenvalue weighted by molar-refractivity contribution is 0.262. The molecule has 0 aliphatic rings. The molecular formula is C18H13Cl2FN2O2. The third-order valence-corrected chi connectivity index (χ3v) is 4.30. The van der Waals surface area contributed by atoms with E-state index in [0.717, 1.165) is 0 Å². The van der Waals surface area contributed by atoms with E-state index in [2.05, 4.69) is 10.6 Å². The Morgan fingerprint density at radius 1 is 1.00 bits per heavy atom. The van der Waals surface area contributed by atoms with Crippen LogP contribution in [0.15, 0.2) is 42.5 Å². The molecule has 3 aromatic rings. The molecule has 2 amide bonds. The van der Waals surface area contributed by atoms with E-state index < -0.39 is 11.8 Å². The molecule has 0 unspecified atom stereocenters. The van der Waals surface area contributed by atoms with Crippen molar-refractivity contribution in [2.75, 3.05) is 10.6 Å². The van der Waals surface area contributed by atoms with Crippen LogP contribution >= 0.6 is 23.2 Å². The summed E-state index contributed by atoms with van der Waals surface area (Å²) in [6.07, 6.45) is 0. The van der Waals surface area contributed by atoms with Crippen molar-refractivity contribution in [3.05, 3.63) is 63.9 Å². The molecule has 0 saturated heterocycles. The van der Waals surface area contributed by atoms with Crippen LogP contribution in [0.25, 0.3) is 10.8 Å². The van der Waals surface area contributed by atoms with Gasteiger partial charge >= 0.3 is 6.03 Å². The summed E-state index contributed by atoms with van der Waals surface area (Å²) >= 11 is 12.3. The summed E-state index contributed by atoms with van der Waals surface area (Å²) in [5, 5.41) is 16.6. The van der Waals surface area contributed by atoms with Crippen LogP contribution in [0.5, 0.6) is 5.75 Å². The Bertz CT molecular complexity index is 992. The van der Waals surface area contributed by atoms with Crippen LogP contribution in [0.4, 0.5) is 20.6 Å². The highest BCUT2D eigenvalue weighted by molar-refractivity contribution is 6.41. The van der Waals surface area contributed by atoms with Gasteiger partial charge in [0.1, 0.15) is 11.6 Å². The van der Waals surface area contributed by atoms with Crippen LogP contribution in [0.2, 0.25) is 10.0 Å². The fourth-order valence-corrected chi connectivity index (χ4v) is 3.00. The van der Waals surface area contributed by atoms with E-state index in [1.54, 1.807) is 25.1 Å². The second-order valence-electron chi connectivity index (χ2n) is 5.49.